The summed E-state index contributed by atoms with van der Waals surface area (Å²) in [6.07, 6.45) is 1.41. The lowest BCUT2D eigenvalue weighted by Gasteiger charge is -2.10. The highest BCUT2D eigenvalue weighted by atomic mass is 79.9. The maximum atomic E-state index is 11.8. The number of halogens is 1. The van der Waals surface area contributed by atoms with Crippen molar-refractivity contribution in [2.75, 3.05) is 13.2 Å². The number of hydrogen-bond acceptors (Lipinski definition) is 5. The van der Waals surface area contributed by atoms with E-state index in [2.05, 4.69) is 26.8 Å². The molecule has 0 spiro atoms. The largest absolute Gasteiger partial charge is 0.483 e. The summed E-state index contributed by atoms with van der Waals surface area (Å²) >= 11 is 3.35. The molecule has 0 aliphatic rings. The van der Waals surface area contributed by atoms with Gasteiger partial charge in [-0.05, 0) is 49.1 Å². The van der Waals surface area contributed by atoms with Crippen molar-refractivity contribution in [3.8, 4) is 5.75 Å². The summed E-state index contributed by atoms with van der Waals surface area (Å²) in [6, 6.07) is 15.3. The van der Waals surface area contributed by atoms with Gasteiger partial charge in [0.1, 0.15) is 5.75 Å². The molecule has 0 atom stereocenters. The molecule has 0 unspecified atom stereocenters. The first-order valence-corrected chi connectivity index (χ1v) is 10.4. The van der Waals surface area contributed by atoms with Gasteiger partial charge < -0.3 is 9.47 Å². The summed E-state index contributed by atoms with van der Waals surface area (Å²) in [5.41, 5.74) is 6.57. The molecule has 0 saturated heterocycles. The molecule has 0 saturated carbocycles. The predicted molar refractivity (Wildman–Crippen MR) is 116 cm³/mol. The van der Waals surface area contributed by atoms with Crippen LogP contribution < -0.4 is 15.6 Å². The minimum Gasteiger partial charge on any atom is -0.483 e. The zero-order valence-corrected chi connectivity index (χ0v) is 18.4. The van der Waals surface area contributed by atoms with Crippen LogP contribution in [0.5, 0.6) is 5.75 Å². The third-order valence-corrected chi connectivity index (χ3v) is 4.60. The molecular formula is C22H25BrN2O5. The van der Waals surface area contributed by atoms with Gasteiger partial charge in [-0.2, -0.15) is 0 Å². The zero-order chi connectivity index (χ0) is 21.8. The van der Waals surface area contributed by atoms with Crippen molar-refractivity contribution in [1.29, 1.82) is 0 Å². The standard InChI is InChI=1S/C22H25BrN2O5/c1-16-14-18(23)9-10-19(16)30-15-21(27)25-24-20(26)11-12-22(28)29-13-5-8-17-6-3-2-4-7-17/h2-4,6-7,9-10,14H,5,8,11-13,15H2,1H3,(H,24,26)(H,25,27). The molecule has 0 radical (unpaired) electrons. The van der Waals surface area contributed by atoms with E-state index in [-0.39, 0.29) is 19.4 Å². The van der Waals surface area contributed by atoms with E-state index in [1.807, 2.05) is 49.4 Å². The van der Waals surface area contributed by atoms with E-state index in [1.165, 1.54) is 5.56 Å². The number of esters is 1. The maximum Gasteiger partial charge on any atom is 0.306 e. The Hall–Kier alpha value is -2.87. The third-order valence-electron chi connectivity index (χ3n) is 4.11. The number of nitrogens with one attached hydrogen (secondary N) is 2. The van der Waals surface area contributed by atoms with Crippen molar-refractivity contribution in [1.82, 2.24) is 10.9 Å². The lowest BCUT2D eigenvalue weighted by Crippen LogP contribution is -2.43. The van der Waals surface area contributed by atoms with Crippen LogP contribution in [0.4, 0.5) is 0 Å². The SMILES string of the molecule is Cc1cc(Br)ccc1OCC(=O)NNC(=O)CCC(=O)OCCCc1ccccc1. The van der Waals surface area contributed by atoms with Crippen molar-refractivity contribution in [3.63, 3.8) is 0 Å². The molecule has 2 aromatic carbocycles. The molecule has 7 nitrogen and oxygen atoms in total. The van der Waals surface area contributed by atoms with E-state index in [0.717, 1.165) is 22.9 Å². The van der Waals surface area contributed by atoms with Gasteiger partial charge in [-0.1, -0.05) is 46.3 Å². The van der Waals surface area contributed by atoms with Crippen molar-refractivity contribution in [3.05, 3.63) is 64.1 Å². The van der Waals surface area contributed by atoms with Crippen LogP contribution in [0.3, 0.4) is 0 Å². The van der Waals surface area contributed by atoms with Gasteiger partial charge in [-0.3, -0.25) is 25.2 Å². The maximum absolute atomic E-state index is 11.8. The molecule has 160 valence electrons. The van der Waals surface area contributed by atoms with Gasteiger partial charge in [0.05, 0.1) is 13.0 Å². The number of ether oxygens (including phenoxy) is 2. The van der Waals surface area contributed by atoms with Crippen LogP contribution in [0.2, 0.25) is 0 Å². The average Bonchev–Trinajstić information content (AvgIpc) is 2.74. The van der Waals surface area contributed by atoms with Crippen LogP contribution >= 0.6 is 15.9 Å². The van der Waals surface area contributed by atoms with Crippen LogP contribution in [0, 0.1) is 6.92 Å². The van der Waals surface area contributed by atoms with Gasteiger partial charge in [0.25, 0.3) is 5.91 Å². The molecule has 0 fully saturated rings. The van der Waals surface area contributed by atoms with E-state index < -0.39 is 17.8 Å². The predicted octanol–water partition coefficient (Wildman–Crippen LogP) is 3.24. The summed E-state index contributed by atoms with van der Waals surface area (Å²) in [5.74, 6) is -0.855. The third kappa shape index (κ3) is 9.09. The smallest absolute Gasteiger partial charge is 0.306 e. The molecular weight excluding hydrogens is 452 g/mol. The van der Waals surface area contributed by atoms with Crippen LogP contribution in [0.15, 0.2) is 53.0 Å². The van der Waals surface area contributed by atoms with Gasteiger partial charge >= 0.3 is 5.97 Å². The number of benzene rings is 2. The Balaban J connectivity index is 1.54. The molecule has 0 heterocycles. The van der Waals surface area contributed by atoms with E-state index in [9.17, 15) is 14.4 Å². The first-order valence-electron chi connectivity index (χ1n) is 9.60. The fourth-order valence-electron chi connectivity index (χ4n) is 2.55. The van der Waals surface area contributed by atoms with Crippen LogP contribution in [-0.4, -0.2) is 31.0 Å². The summed E-state index contributed by atoms with van der Waals surface area (Å²) in [5, 5.41) is 0. The minimum absolute atomic E-state index is 0.0539. The lowest BCUT2D eigenvalue weighted by atomic mass is 10.1. The second kappa shape index (κ2) is 12.6. The van der Waals surface area contributed by atoms with Crippen LogP contribution in [-0.2, 0) is 25.5 Å². The number of carbonyl (C=O) groups excluding carboxylic acids is 3. The summed E-state index contributed by atoms with van der Waals surface area (Å²) in [6.45, 7) is 1.92. The number of hydrogen-bond donors (Lipinski definition) is 2. The Morgan fingerprint density at radius 3 is 2.43 bits per heavy atom. The van der Waals surface area contributed by atoms with Crippen molar-refractivity contribution < 1.29 is 23.9 Å². The van der Waals surface area contributed by atoms with Crippen molar-refractivity contribution >= 4 is 33.7 Å². The molecule has 0 aliphatic heterocycles. The second-order valence-electron chi connectivity index (χ2n) is 6.60. The molecule has 2 aromatic rings. The fourth-order valence-corrected chi connectivity index (χ4v) is 3.03. The van der Waals surface area contributed by atoms with Gasteiger partial charge in [0, 0.05) is 10.9 Å². The Kier molecular flexibility index (Phi) is 9.86. The molecule has 2 rings (SSSR count). The van der Waals surface area contributed by atoms with E-state index >= 15 is 0 Å². The second-order valence-corrected chi connectivity index (χ2v) is 7.52. The van der Waals surface area contributed by atoms with E-state index in [0.29, 0.717) is 12.4 Å². The molecule has 0 bridgehead atoms. The highest BCUT2D eigenvalue weighted by Crippen LogP contribution is 2.21. The number of hydrazine groups is 1. The van der Waals surface area contributed by atoms with Gasteiger partial charge in [0.15, 0.2) is 6.61 Å². The number of rotatable bonds is 10. The zero-order valence-electron chi connectivity index (χ0n) is 16.8. The Bertz CT molecular complexity index is 858. The normalized spacial score (nSPS) is 10.2. The van der Waals surface area contributed by atoms with Gasteiger partial charge in [-0.15, -0.1) is 0 Å². The highest BCUT2D eigenvalue weighted by molar-refractivity contribution is 9.10. The van der Waals surface area contributed by atoms with E-state index in [1.54, 1.807) is 6.07 Å². The fraction of sp³-hybridized carbons (Fsp3) is 0.318. The molecule has 2 amide bonds. The minimum atomic E-state index is -0.505. The number of carbonyl (C=O) groups is 3. The lowest BCUT2D eigenvalue weighted by molar-refractivity contribution is -0.145. The van der Waals surface area contributed by atoms with Gasteiger partial charge in [-0.25, -0.2) is 0 Å². The quantitative estimate of drug-likeness (QED) is 0.311. The molecule has 0 aromatic heterocycles. The number of amides is 2. The monoisotopic (exact) mass is 476 g/mol. The van der Waals surface area contributed by atoms with Crippen molar-refractivity contribution in [2.45, 2.75) is 32.6 Å². The first-order chi connectivity index (χ1) is 14.4. The Labute approximate surface area is 184 Å². The van der Waals surface area contributed by atoms with E-state index in [4.69, 9.17) is 9.47 Å². The van der Waals surface area contributed by atoms with Gasteiger partial charge in [0.2, 0.25) is 5.91 Å². The van der Waals surface area contributed by atoms with Crippen LogP contribution in [0.25, 0.3) is 0 Å². The molecule has 2 N–H and O–H groups in total. The molecule has 30 heavy (non-hydrogen) atoms. The highest BCUT2D eigenvalue weighted by Gasteiger charge is 2.10. The summed E-state index contributed by atoms with van der Waals surface area (Å²) in [4.78, 5) is 35.2. The van der Waals surface area contributed by atoms with Crippen LogP contribution in [0.1, 0.15) is 30.4 Å². The summed E-state index contributed by atoms with van der Waals surface area (Å²) < 4.78 is 11.4. The number of aryl methyl sites for hydroxylation is 2. The first kappa shape index (κ1) is 23.4. The Morgan fingerprint density at radius 1 is 0.967 bits per heavy atom. The molecule has 0 aliphatic carbocycles. The Morgan fingerprint density at radius 2 is 1.70 bits per heavy atom. The summed E-state index contributed by atoms with van der Waals surface area (Å²) in [7, 11) is 0. The van der Waals surface area contributed by atoms with Crippen molar-refractivity contribution in [2.24, 2.45) is 0 Å². The molecule has 8 heteroatoms. The topological polar surface area (TPSA) is 93.7 Å². The average molecular weight is 477 g/mol.